The number of nitrogens with zero attached hydrogens (tertiary/aromatic N) is 2. The van der Waals surface area contributed by atoms with Crippen molar-refractivity contribution >= 4 is 16.9 Å². The summed E-state index contributed by atoms with van der Waals surface area (Å²) in [5.74, 6) is 1.27. The standard InChI is InChI=1S/C16H18N4O2/c1-4-14-18-10(3)15(22-14)16(21)17-8-13-19-11-6-5-9(2)7-12(11)20-13/h5-7H,4,8H2,1-3H3,(H,17,21)(H,19,20). The lowest BCUT2D eigenvalue weighted by Gasteiger charge is -2.00. The van der Waals surface area contributed by atoms with Crippen LogP contribution in [0.4, 0.5) is 0 Å². The molecule has 2 heterocycles. The first-order chi connectivity index (χ1) is 10.6. The van der Waals surface area contributed by atoms with E-state index in [1.807, 2.05) is 32.0 Å². The van der Waals surface area contributed by atoms with Gasteiger partial charge in [-0.25, -0.2) is 9.97 Å². The molecule has 22 heavy (non-hydrogen) atoms. The number of imidazole rings is 1. The summed E-state index contributed by atoms with van der Waals surface area (Å²) in [4.78, 5) is 24.0. The summed E-state index contributed by atoms with van der Waals surface area (Å²) in [7, 11) is 0. The molecule has 1 aromatic carbocycles. The van der Waals surface area contributed by atoms with Crippen molar-refractivity contribution < 1.29 is 9.21 Å². The highest BCUT2D eigenvalue weighted by molar-refractivity contribution is 5.92. The average Bonchev–Trinajstić information content (AvgIpc) is 3.07. The Hall–Kier alpha value is -2.63. The summed E-state index contributed by atoms with van der Waals surface area (Å²) >= 11 is 0. The normalized spacial score (nSPS) is 11.0. The Labute approximate surface area is 128 Å². The molecule has 0 saturated carbocycles. The molecule has 0 unspecified atom stereocenters. The van der Waals surface area contributed by atoms with Gasteiger partial charge in [0.2, 0.25) is 5.76 Å². The SMILES string of the molecule is CCc1nc(C)c(C(=O)NCc2nc3ccc(C)cc3[nH]2)o1. The van der Waals surface area contributed by atoms with Crippen LogP contribution < -0.4 is 5.32 Å². The highest BCUT2D eigenvalue weighted by Crippen LogP contribution is 2.14. The molecule has 2 aromatic heterocycles. The average molecular weight is 298 g/mol. The van der Waals surface area contributed by atoms with E-state index >= 15 is 0 Å². The Morgan fingerprint density at radius 3 is 2.86 bits per heavy atom. The molecule has 0 aliphatic heterocycles. The third-order valence-corrected chi connectivity index (χ3v) is 3.45. The molecule has 0 spiro atoms. The van der Waals surface area contributed by atoms with E-state index in [1.54, 1.807) is 6.92 Å². The third-order valence-electron chi connectivity index (χ3n) is 3.45. The lowest BCUT2D eigenvalue weighted by atomic mass is 10.2. The molecular formula is C16H18N4O2. The molecule has 0 radical (unpaired) electrons. The van der Waals surface area contributed by atoms with E-state index in [-0.39, 0.29) is 11.7 Å². The van der Waals surface area contributed by atoms with Crippen LogP contribution in [0.1, 0.15) is 40.5 Å². The highest BCUT2D eigenvalue weighted by atomic mass is 16.4. The first-order valence-electron chi connectivity index (χ1n) is 7.26. The fraction of sp³-hybridized carbons (Fsp3) is 0.312. The summed E-state index contributed by atoms with van der Waals surface area (Å²) in [6.45, 7) is 6.04. The van der Waals surface area contributed by atoms with Crippen molar-refractivity contribution in [3.63, 3.8) is 0 Å². The van der Waals surface area contributed by atoms with Gasteiger partial charge in [-0.05, 0) is 31.5 Å². The first kappa shape index (κ1) is 14.3. The Morgan fingerprint density at radius 2 is 2.14 bits per heavy atom. The number of rotatable bonds is 4. The van der Waals surface area contributed by atoms with E-state index in [9.17, 15) is 4.79 Å². The molecular weight excluding hydrogens is 280 g/mol. The van der Waals surface area contributed by atoms with Crippen LogP contribution in [0, 0.1) is 13.8 Å². The summed E-state index contributed by atoms with van der Waals surface area (Å²) in [6.07, 6.45) is 0.664. The van der Waals surface area contributed by atoms with Gasteiger partial charge in [-0.2, -0.15) is 0 Å². The Morgan fingerprint density at radius 1 is 1.32 bits per heavy atom. The van der Waals surface area contributed by atoms with Crippen LogP contribution in [0.15, 0.2) is 22.6 Å². The minimum Gasteiger partial charge on any atom is -0.435 e. The van der Waals surface area contributed by atoms with Gasteiger partial charge in [0, 0.05) is 6.42 Å². The van der Waals surface area contributed by atoms with Gasteiger partial charge in [0.1, 0.15) is 5.82 Å². The van der Waals surface area contributed by atoms with Crippen molar-refractivity contribution in [3.05, 3.63) is 46.9 Å². The Balaban J connectivity index is 1.72. The van der Waals surface area contributed by atoms with E-state index in [4.69, 9.17) is 4.42 Å². The summed E-state index contributed by atoms with van der Waals surface area (Å²) in [5.41, 5.74) is 3.62. The monoisotopic (exact) mass is 298 g/mol. The number of oxazole rings is 1. The number of aryl methyl sites for hydroxylation is 3. The zero-order chi connectivity index (χ0) is 15.7. The maximum Gasteiger partial charge on any atom is 0.289 e. The van der Waals surface area contributed by atoms with Gasteiger partial charge in [-0.15, -0.1) is 0 Å². The van der Waals surface area contributed by atoms with E-state index < -0.39 is 0 Å². The molecule has 0 fully saturated rings. The number of benzene rings is 1. The van der Waals surface area contributed by atoms with Crippen LogP contribution >= 0.6 is 0 Å². The van der Waals surface area contributed by atoms with Gasteiger partial charge in [0.25, 0.3) is 5.91 Å². The minimum atomic E-state index is -0.277. The van der Waals surface area contributed by atoms with Crippen LogP contribution in [0.3, 0.4) is 0 Å². The van der Waals surface area contributed by atoms with Gasteiger partial charge in [0.15, 0.2) is 5.89 Å². The second-order valence-corrected chi connectivity index (χ2v) is 5.26. The molecule has 6 heteroatoms. The topological polar surface area (TPSA) is 83.8 Å². The lowest BCUT2D eigenvalue weighted by Crippen LogP contribution is -2.23. The quantitative estimate of drug-likeness (QED) is 0.775. The molecule has 2 N–H and O–H groups in total. The number of aromatic amines is 1. The van der Waals surface area contributed by atoms with Crippen molar-refractivity contribution in [3.8, 4) is 0 Å². The number of aromatic nitrogens is 3. The van der Waals surface area contributed by atoms with Gasteiger partial charge in [-0.3, -0.25) is 4.79 Å². The molecule has 0 aliphatic carbocycles. The van der Waals surface area contributed by atoms with Gasteiger partial charge >= 0.3 is 0 Å². The fourth-order valence-corrected chi connectivity index (χ4v) is 2.32. The summed E-state index contributed by atoms with van der Waals surface area (Å²) in [5, 5.41) is 2.80. The third kappa shape index (κ3) is 2.72. The number of nitrogens with one attached hydrogen (secondary N) is 2. The van der Waals surface area contributed by atoms with Crippen molar-refractivity contribution in [2.24, 2.45) is 0 Å². The number of amides is 1. The number of fused-ring (bicyclic) bond motifs is 1. The second-order valence-electron chi connectivity index (χ2n) is 5.26. The zero-order valence-corrected chi connectivity index (χ0v) is 12.9. The maximum atomic E-state index is 12.2. The van der Waals surface area contributed by atoms with Crippen molar-refractivity contribution in [2.45, 2.75) is 33.7 Å². The minimum absolute atomic E-state index is 0.267. The van der Waals surface area contributed by atoms with E-state index in [2.05, 4.69) is 20.3 Å². The maximum absolute atomic E-state index is 12.2. The van der Waals surface area contributed by atoms with Gasteiger partial charge in [-0.1, -0.05) is 13.0 Å². The van der Waals surface area contributed by atoms with Gasteiger partial charge < -0.3 is 14.7 Å². The molecule has 3 rings (SSSR count). The molecule has 6 nitrogen and oxygen atoms in total. The fourth-order valence-electron chi connectivity index (χ4n) is 2.32. The molecule has 0 atom stereocenters. The van der Waals surface area contributed by atoms with Crippen LogP contribution in [-0.2, 0) is 13.0 Å². The Bertz CT molecular complexity index is 832. The van der Waals surface area contributed by atoms with Crippen LogP contribution in [0.2, 0.25) is 0 Å². The highest BCUT2D eigenvalue weighted by Gasteiger charge is 2.16. The van der Waals surface area contributed by atoms with Gasteiger partial charge in [0.05, 0.1) is 23.3 Å². The predicted octanol–water partition coefficient (Wildman–Crippen LogP) is 2.66. The molecule has 3 aromatic rings. The van der Waals surface area contributed by atoms with E-state index in [0.717, 1.165) is 16.6 Å². The van der Waals surface area contributed by atoms with Crippen molar-refractivity contribution in [1.29, 1.82) is 0 Å². The number of carbonyl (C=O) groups excluding carboxylic acids is 1. The van der Waals surface area contributed by atoms with E-state index in [1.165, 1.54) is 0 Å². The smallest absolute Gasteiger partial charge is 0.289 e. The number of hydrogen-bond acceptors (Lipinski definition) is 4. The Kier molecular flexibility index (Phi) is 3.66. The number of hydrogen-bond donors (Lipinski definition) is 2. The summed E-state index contributed by atoms with van der Waals surface area (Å²) < 4.78 is 5.43. The predicted molar refractivity (Wildman–Crippen MR) is 82.6 cm³/mol. The largest absolute Gasteiger partial charge is 0.435 e. The van der Waals surface area contributed by atoms with Crippen LogP contribution in [-0.4, -0.2) is 20.9 Å². The van der Waals surface area contributed by atoms with Crippen LogP contribution in [0.25, 0.3) is 11.0 Å². The van der Waals surface area contributed by atoms with Crippen molar-refractivity contribution in [1.82, 2.24) is 20.3 Å². The first-order valence-corrected chi connectivity index (χ1v) is 7.26. The number of H-pyrrole nitrogens is 1. The lowest BCUT2D eigenvalue weighted by molar-refractivity contribution is 0.0919. The van der Waals surface area contributed by atoms with E-state index in [0.29, 0.717) is 30.4 Å². The summed E-state index contributed by atoms with van der Waals surface area (Å²) in [6, 6.07) is 6.00. The zero-order valence-electron chi connectivity index (χ0n) is 12.9. The van der Waals surface area contributed by atoms with Crippen molar-refractivity contribution in [2.75, 3.05) is 0 Å². The van der Waals surface area contributed by atoms with Crippen LogP contribution in [0.5, 0.6) is 0 Å². The molecule has 0 saturated heterocycles. The molecule has 1 amide bonds. The molecule has 114 valence electrons. The number of carbonyl (C=O) groups is 1. The molecule has 0 aliphatic rings. The molecule has 0 bridgehead atoms. The second kappa shape index (κ2) is 5.63.